The Hall–Kier alpha value is -0.260. The molecule has 0 aromatic rings. The number of halogens is 2. The van der Waals surface area contributed by atoms with Gasteiger partial charge in [-0.3, -0.25) is 0 Å². The highest BCUT2D eigenvalue weighted by Gasteiger charge is 2.17. The highest BCUT2D eigenvalue weighted by Crippen LogP contribution is 2.08. The lowest BCUT2D eigenvalue weighted by Gasteiger charge is -2.22. The molecule has 0 saturated carbocycles. The van der Waals surface area contributed by atoms with Gasteiger partial charge in [0.25, 0.3) is 0 Å². The zero-order valence-corrected chi connectivity index (χ0v) is 13.1. The molecule has 0 fully saturated rings. The minimum absolute atomic E-state index is 0.0271. The maximum atomic E-state index is 13.4. The number of hydrogen-bond acceptors (Lipinski definition) is 3. The lowest BCUT2D eigenvalue weighted by atomic mass is 10.1. The summed E-state index contributed by atoms with van der Waals surface area (Å²) < 4.78 is 37.1. The minimum atomic E-state index is -1.22. The average molecular weight is 281 g/mol. The van der Waals surface area contributed by atoms with E-state index in [2.05, 4.69) is 5.32 Å². The van der Waals surface area contributed by atoms with Crippen LogP contribution >= 0.6 is 0 Å². The van der Waals surface area contributed by atoms with Crippen molar-refractivity contribution >= 4 is 0 Å². The topological polar surface area (TPSA) is 30.5 Å². The molecule has 0 heterocycles. The lowest BCUT2D eigenvalue weighted by molar-refractivity contribution is -0.0512. The summed E-state index contributed by atoms with van der Waals surface area (Å²) in [5.41, 5.74) is -0.503. The van der Waals surface area contributed by atoms with E-state index in [4.69, 9.17) is 9.47 Å². The monoisotopic (exact) mass is 281 g/mol. The van der Waals surface area contributed by atoms with Gasteiger partial charge in [-0.2, -0.15) is 0 Å². The molecule has 0 bridgehead atoms. The van der Waals surface area contributed by atoms with E-state index in [9.17, 15) is 8.78 Å². The molecule has 0 saturated heterocycles. The van der Waals surface area contributed by atoms with Crippen molar-refractivity contribution in [3.63, 3.8) is 0 Å². The first-order valence-corrected chi connectivity index (χ1v) is 6.74. The molecule has 0 amide bonds. The summed E-state index contributed by atoms with van der Waals surface area (Å²) in [6, 6.07) is 0. The summed E-state index contributed by atoms with van der Waals surface area (Å²) >= 11 is 0. The molecule has 5 heteroatoms. The van der Waals surface area contributed by atoms with Crippen molar-refractivity contribution < 1.29 is 18.3 Å². The molecule has 0 aromatic carbocycles. The third kappa shape index (κ3) is 14.0. The first-order valence-electron chi connectivity index (χ1n) is 6.74. The smallest absolute Gasteiger partial charge is 0.147 e. The molecule has 1 N–H and O–H groups in total. The van der Waals surface area contributed by atoms with Crippen LogP contribution in [0.15, 0.2) is 0 Å². The van der Waals surface area contributed by atoms with E-state index < -0.39 is 12.3 Å². The number of rotatable bonds is 8. The summed E-state index contributed by atoms with van der Waals surface area (Å²) in [7, 11) is 0. The van der Waals surface area contributed by atoms with Crippen molar-refractivity contribution in [2.24, 2.45) is 0 Å². The van der Waals surface area contributed by atoms with E-state index in [1.807, 2.05) is 41.5 Å². The summed E-state index contributed by atoms with van der Waals surface area (Å²) in [5, 5.41) is 3.03. The van der Waals surface area contributed by atoms with Crippen molar-refractivity contribution in [3.05, 3.63) is 0 Å². The van der Waals surface area contributed by atoms with Crippen LogP contribution in [-0.2, 0) is 9.47 Å². The lowest BCUT2D eigenvalue weighted by Crippen LogP contribution is -2.41. The van der Waals surface area contributed by atoms with E-state index in [1.165, 1.54) is 0 Å². The van der Waals surface area contributed by atoms with Gasteiger partial charge in [0, 0.05) is 12.1 Å². The van der Waals surface area contributed by atoms with Crippen LogP contribution < -0.4 is 5.32 Å². The highest BCUT2D eigenvalue weighted by molar-refractivity contribution is 4.73. The predicted octanol–water partition coefficient (Wildman–Crippen LogP) is 2.88. The van der Waals surface area contributed by atoms with Gasteiger partial charge in [0.05, 0.1) is 25.4 Å². The number of nitrogens with one attached hydrogen (secondary N) is 1. The average Bonchev–Trinajstić information content (AvgIpc) is 2.22. The maximum absolute atomic E-state index is 13.4. The molecule has 116 valence electrons. The van der Waals surface area contributed by atoms with Gasteiger partial charge in [0.15, 0.2) is 0 Å². The third-order valence-electron chi connectivity index (χ3n) is 2.15. The van der Waals surface area contributed by atoms with Crippen LogP contribution in [0.5, 0.6) is 0 Å². The highest BCUT2D eigenvalue weighted by atomic mass is 19.1. The quantitative estimate of drug-likeness (QED) is 0.742. The Labute approximate surface area is 116 Å². The molecular weight excluding hydrogens is 252 g/mol. The molecule has 19 heavy (non-hydrogen) atoms. The minimum Gasteiger partial charge on any atom is -0.375 e. The van der Waals surface area contributed by atoms with Crippen LogP contribution in [0.2, 0.25) is 0 Å². The zero-order valence-electron chi connectivity index (χ0n) is 13.1. The van der Waals surface area contributed by atoms with Crippen LogP contribution in [0.25, 0.3) is 0 Å². The van der Waals surface area contributed by atoms with Crippen LogP contribution in [-0.4, -0.2) is 49.8 Å². The summed E-state index contributed by atoms with van der Waals surface area (Å²) in [5.74, 6) is 0. The second-order valence-corrected chi connectivity index (χ2v) is 6.79. The standard InChI is InChI=1S/C14H29F2NO2/c1-13(2,3)17-7-11(15)8-18-9-12(16)10-19-14(4,5)6/h11-12,17H,7-10H2,1-6H3. The molecular formula is C14H29F2NO2. The van der Waals surface area contributed by atoms with Crippen molar-refractivity contribution in [1.29, 1.82) is 0 Å². The largest absolute Gasteiger partial charge is 0.375 e. The van der Waals surface area contributed by atoms with E-state index in [-0.39, 0.29) is 37.5 Å². The van der Waals surface area contributed by atoms with Gasteiger partial charge in [0.1, 0.15) is 12.3 Å². The van der Waals surface area contributed by atoms with Crippen molar-refractivity contribution in [1.82, 2.24) is 5.32 Å². The summed E-state index contributed by atoms with van der Waals surface area (Å²) in [6.45, 7) is 11.4. The van der Waals surface area contributed by atoms with E-state index in [1.54, 1.807) is 0 Å². The first kappa shape index (κ1) is 18.7. The fourth-order valence-electron chi connectivity index (χ4n) is 1.19. The van der Waals surface area contributed by atoms with Crippen molar-refractivity contribution in [3.8, 4) is 0 Å². The van der Waals surface area contributed by atoms with E-state index >= 15 is 0 Å². The molecule has 0 aliphatic heterocycles. The molecule has 0 radical (unpaired) electrons. The third-order valence-corrected chi connectivity index (χ3v) is 2.15. The number of alkyl halides is 2. The van der Waals surface area contributed by atoms with Gasteiger partial charge in [-0.25, -0.2) is 8.78 Å². The van der Waals surface area contributed by atoms with E-state index in [0.717, 1.165) is 0 Å². The number of ether oxygens (including phenoxy) is 2. The van der Waals surface area contributed by atoms with Crippen LogP contribution in [0.4, 0.5) is 8.78 Å². The molecule has 0 rings (SSSR count). The van der Waals surface area contributed by atoms with Crippen LogP contribution in [0.3, 0.4) is 0 Å². The van der Waals surface area contributed by atoms with Crippen molar-refractivity contribution in [2.75, 3.05) is 26.4 Å². The molecule has 3 nitrogen and oxygen atoms in total. The van der Waals surface area contributed by atoms with Gasteiger partial charge < -0.3 is 14.8 Å². The van der Waals surface area contributed by atoms with Gasteiger partial charge in [-0.15, -0.1) is 0 Å². The Balaban J connectivity index is 3.61. The molecule has 2 unspecified atom stereocenters. The van der Waals surface area contributed by atoms with Crippen molar-refractivity contribution in [2.45, 2.75) is 65.0 Å². The van der Waals surface area contributed by atoms with Crippen LogP contribution in [0.1, 0.15) is 41.5 Å². The second kappa shape index (κ2) is 8.12. The van der Waals surface area contributed by atoms with Gasteiger partial charge in [0.2, 0.25) is 0 Å². The van der Waals surface area contributed by atoms with Gasteiger partial charge in [-0.05, 0) is 41.5 Å². The summed E-state index contributed by atoms with van der Waals surface area (Å²) in [4.78, 5) is 0. The fraction of sp³-hybridized carbons (Fsp3) is 1.00. The second-order valence-electron chi connectivity index (χ2n) is 6.79. The Morgan fingerprint density at radius 1 is 0.895 bits per heavy atom. The molecule has 0 aliphatic carbocycles. The fourth-order valence-corrected chi connectivity index (χ4v) is 1.19. The zero-order chi connectivity index (χ0) is 15.1. The Kier molecular flexibility index (Phi) is 8.01. The maximum Gasteiger partial charge on any atom is 0.147 e. The Morgan fingerprint density at radius 2 is 1.42 bits per heavy atom. The normalized spacial score (nSPS) is 16.4. The molecule has 0 aliphatic rings. The molecule has 0 spiro atoms. The Morgan fingerprint density at radius 3 is 1.89 bits per heavy atom. The van der Waals surface area contributed by atoms with Gasteiger partial charge >= 0.3 is 0 Å². The number of hydrogen-bond donors (Lipinski definition) is 1. The predicted molar refractivity (Wildman–Crippen MR) is 74.1 cm³/mol. The van der Waals surface area contributed by atoms with Crippen LogP contribution in [0, 0.1) is 0 Å². The molecule has 2 atom stereocenters. The van der Waals surface area contributed by atoms with E-state index in [0.29, 0.717) is 0 Å². The Bertz CT molecular complexity index is 213. The van der Waals surface area contributed by atoms with Gasteiger partial charge in [-0.1, -0.05) is 0 Å². The molecule has 0 aromatic heterocycles. The first-order chi connectivity index (χ1) is 8.49. The summed E-state index contributed by atoms with van der Waals surface area (Å²) in [6.07, 6.45) is -2.35. The SMILES string of the molecule is CC(C)(C)NCC(F)COCC(F)COC(C)(C)C.